The molecule has 2 saturated heterocycles. The first kappa shape index (κ1) is 20.8. The summed E-state index contributed by atoms with van der Waals surface area (Å²) in [6, 6.07) is 8.34. The maximum Gasteiger partial charge on any atom is 0.276 e. The van der Waals surface area contributed by atoms with E-state index in [1.54, 1.807) is 26.4 Å². The van der Waals surface area contributed by atoms with Crippen molar-refractivity contribution >= 4 is 21.7 Å². The lowest BCUT2D eigenvalue weighted by Crippen LogP contribution is -2.48. The third kappa shape index (κ3) is 3.93. The number of carbonyl (C=O) groups excluding carboxylic acids is 1. The van der Waals surface area contributed by atoms with Crippen LogP contribution >= 0.6 is 0 Å². The van der Waals surface area contributed by atoms with Gasteiger partial charge in [-0.25, -0.2) is 18.8 Å². The van der Waals surface area contributed by atoms with E-state index in [1.807, 2.05) is 18.2 Å². The monoisotopic (exact) mass is 434 g/mol. The molecule has 2 fully saturated rings. The first-order valence-corrected chi connectivity index (χ1v) is 11.3. The molecule has 162 valence electrons. The van der Waals surface area contributed by atoms with Crippen molar-refractivity contribution in [1.29, 1.82) is 0 Å². The molecule has 30 heavy (non-hydrogen) atoms. The molecule has 2 N–H and O–H groups in total. The average molecular weight is 435 g/mol. The number of pyridine rings is 1. The quantitative estimate of drug-likeness (QED) is 0.679. The molecule has 0 spiro atoms. The molecule has 4 heterocycles. The van der Waals surface area contributed by atoms with Gasteiger partial charge in [-0.3, -0.25) is 10.2 Å². The summed E-state index contributed by atoms with van der Waals surface area (Å²) in [5.41, 5.74) is 5.97. The predicted octanol–water partition coefficient (Wildman–Crippen LogP) is 0.0388. The third-order valence-corrected chi connectivity index (χ3v) is 7.23. The summed E-state index contributed by atoms with van der Waals surface area (Å²) in [6.45, 7) is 2.24. The van der Waals surface area contributed by atoms with Crippen LogP contribution in [0.4, 0.5) is 5.82 Å². The van der Waals surface area contributed by atoms with Gasteiger partial charge in [-0.2, -0.15) is 4.31 Å². The summed E-state index contributed by atoms with van der Waals surface area (Å²) in [5, 5.41) is -0.103. The lowest BCUT2D eigenvalue weighted by molar-refractivity contribution is -0.133. The van der Waals surface area contributed by atoms with Gasteiger partial charge in [-0.15, -0.1) is 0 Å². The molecule has 0 radical (unpaired) electrons. The van der Waals surface area contributed by atoms with Crippen LogP contribution in [0.25, 0.3) is 0 Å². The van der Waals surface area contributed by atoms with Gasteiger partial charge in [-0.05, 0) is 24.3 Å². The SMILES string of the molecule is CN(C)C(=O)C1CNNC1c1ccc(S(=O)(=O)N2CCN(c3ccccn3)CC2)o1. The van der Waals surface area contributed by atoms with Gasteiger partial charge in [0.1, 0.15) is 11.6 Å². The molecule has 2 atom stereocenters. The predicted molar refractivity (Wildman–Crippen MR) is 110 cm³/mol. The lowest BCUT2D eigenvalue weighted by Gasteiger charge is -2.34. The summed E-state index contributed by atoms with van der Waals surface area (Å²) in [6.07, 6.45) is 1.73. The standard InChI is InChI=1S/C19H26N6O4S/c1-23(2)19(26)14-13-21-22-18(14)15-6-7-17(29-15)30(27,28)25-11-9-24(10-12-25)16-5-3-4-8-20-16/h3-8,14,18,21-22H,9-13H2,1-2H3. The van der Waals surface area contributed by atoms with Crippen LogP contribution in [0.15, 0.2) is 46.0 Å². The van der Waals surface area contributed by atoms with Crippen LogP contribution in [0.3, 0.4) is 0 Å². The van der Waals surface area contributed by atoms with Crippen molar-refractivity contribution in [3.63, 3.8) is 0 Å². The Balaban J connectivity index is 1.46. The highest BCUT2D eigenvalue weighted by Gasteiger charge is 2.38. The van der Waals surface area contributed by atoms with Crippen molar-refractivity contribution < 1.29 is 17.6 Å². The van der Waals surface area contributed by atoms with E-state index in [4.69, 9.17) is 4.42 Å². The first-order chi connectivity index (χ1) is 14.4. The fourth-order valence-electron chi connectivity index (χ4n) is 3.79. The second-order valence-electron chi connectivity index (χ2n) is 7.58. The van der Waals surface area contributed by atoms with Crippen LogP contribution in [0, 0.1) is 5.92 Å². The smallest absolute Gasteiger partial charge is 0.276 e. The first-order valence-electron chi connectivity index (χ1n) is 9.83. The number of amides is 1. The highest BCUT2D eigenvalue weighted by molar-refractivity contribution is 7.89. The topological polar surface area (TPSA) is 111 Å². The van der Waals surface area contributed by atoms with Crippen molar-refractivity contribution in [1.82, 2.24) is 25.0 Å². The maximum absolute atomic E-state index is 13.1. The zero-order valence-electron chi connectivity index (χ0n) is 17.0. The number of furan rings is 1. The molecule has 2 aromatic heterocycles. The van der Waals surface area contributed by atoms with Gasteiger partial charge in [0.2, 0.25) is 11.0 Å². The minimum absolute atomic E-state index is 0.0519. The van der Waals surface area contributed by atoms with Crippen molar-refractivity contribution in [3.8, 4) is 0 Å². The molecule has 2 aliphatic heterocycles. The van der Waals surface area contributed by atoms with Crippen LogP contribution in [-0.4, -0.2) is 75.3 Å². The Hall–Kier alpha value is -2.47. The minimum Gasteiger partial charge on any atom is -0.447 e. The Morgan fingerprint density at radius 2 is 1.93 bits per heavy atom. The van der Waals surface area contributed by atoms with E-state index in [0.717, 1.165) is 5.82 Å². The highest BCUT2D eigenvalue weighted by atomic mass is 32.2. The molecule has 2 aliphatic rings. The van der Waals surface area contributed by atoms with Crippen LogP contribution in [0.1, 0.15) is 11.8 Å². The number of aromatic nitrogens is 1. The van der Waals surface area contributed by atoms with E-state index < -0.39 is 16.1 Å². The Morgan fingerprint density at radius 1 is 1.17 bits per heavy atom. The molecular formula is C19H26N6O4S. The highest BCUT2D eigenvalue weighted by Crippen LogP contribution is 2.30. The van der Waals surface area contributed by atoms with Crippen molar-refractivity contribution in [3.05, 3.63) is 42.3 Å². The summed E-state index contributed by atoms with van der Waals surface area (Å²) < 4.78 is 33.3. The van der Waals surface area contributed by atoms with E-state index in [9.17, 15) is 13.2 Å². The molecule has 11 heteroatoms. The van der Waals surface area contributed by atoms with Crippen LogP contribution in [0.2, 0.25) is 0 Å². The number of piperazine rings is 1. The summed E-state index contributed by atoms with van der Waals surface area (Å²) >= 11 is 0. The Bertz CT molecular complexity index is 985. The molecule has 2 unspecified atom stereocenters. The second kappa shape index (κ2) is 8.34. The Labute approximate surface area is 175 Å². The van der Waals surface area contributed by atoms with Gasteiger partial charge in [0, 0.05) is 53.0 Å². The zero-order chi connectivity index (χ0) is 21.3. The van der Waals surface area contributed by atoms with E-state index in [0.29, 0.717) is 38.5 Å². The molecule has 0 saturated carbocycles. The molecule has 4 rings (SSSR count). The molecule has 0 aromatic carbocycles. The lowest BCUT2D eigenvalue weighted by atomic mass is 9.99. The maximum atomic E-state index is 13.1. The number of sulfonamides is 1. The fraction of sp³-hybridized carbons (Fsp3) is 0.474. The number of hydrogen-bond acceptors (Lipinski definition) is 8. The largest absolute Gasteiger partial charge is 0.447 e. The minimum atomic E-state index is -3.75. The Morgan fingerprint density at radius 3 is 2.60 bits per heavy atom. The van der Waals surface area contributed by atoms with Crippen LogP contribution in [0.5, 0.6) is 0 Å². The molecule has 0 aliphatic carbocycles. The summed E-state index contributed by atoms with van der Waals surface area (Å²) in [5.74, 6) is 0.838. The van der Waals surface area contributed by atoms with Gasteiger partial charge < -0.3 is 14.2 Å². The van der Waals surface area contributed by atoms with Crippen molar-refractivity contribution in [2.75, 3.05) is 51.7 Å². The van der Waals surface area contributed by atoms with Gasteiger partial charge in [0.15, 0.2) is 0 Å². The molecular weight excluding hydrogens is 408 g/mol. The molecule has 10 nitrogen and oxygen atoms in total. The van der Waals surface area contributed by atoms with E-state index in [-0.39, 0.29) is 16.9 Å². The number of hydrazine groups is 1. The van der Waals surface area contributed by atoms with Crippen LogP contribution in [-0.2, 0) is 14.8 Å². The summed E-state index contributed by atoms with van der Waals surface area (Å²) in [4.78, 5) is 20.3. The average Bonchev–Trinajstić information content (AvgIpc) is 3.43. The molecule has 2 aromatic rings. The van der Waals surface area contributed by atoms with Crippen molar-refractivity contribution in [2.24, 2.45) is 5.92 Å². The zero-order valence-corrected chi connectivity index (χ0v) is 17.8. The van der Waals surface area contributed by atoms with Gasteiger partial charge in [-0.1, -0.05) is 6.07 Å². The fourth-order valence-corrected chi connectivity index (χ4v) is 5.13. The van der Waals surface area contributed by atoms with Gasteiger partial charge in [0.05, 0.1) is 12.0 Å². The number of hydrogen-bond donors (Lipinski definition) is 2. The number of carbonyl (C=O) groups is 1. The van der Waals surface area contributed by atoms with Gasteiger partial charge in [0.25, 0.3) is 10.0 Å². The van der Waals surface area contributed by atoms with E-state index in [1.165, 1.54) is 15.3 Å². The second-order valence-corrected chi connectivity index (χ2v) is 9.45. The number of nitrogens with one attached hydrogen (secondary N) is 2. The normalized spacial score (nSPS) is 22.9. The van der Waals surface area contributed by atoms with Gasteiger partial charge >= 0.3 is 0 Å². The molecule has 1 amide bonds. The number of nitrogens with zero attached hydrogens (tertiary/aromatic N) is 4. The van der Waals surface area contributed by atoms with E-state index >= 15 is 0 Å². The summed E-state index contributed by atoms with van der Waals surface area (Å²) in [7, 11) is -0.365. The van der Waals surface area contributed by atoms with Crippen LogP contribution < -0.4 is 15.8 Å². The third-order valence-electron chi connectivity index (χ3n) is 5.45. The molecule has 0 bridgehead atoms. The Kier molecular flexibility index (Phi) is 5.78. The van der Waals surface area contributed by atoms with Crippen molar-refractivity contribution in [2.45, 2.75) is 11.1 Å². The number of anilines is 1. The number of rotatable bonds is 5. The van der Waals surface area contributed by atoms with E-state index in [2.05, 4.69) is 20.7 Å².